The van der Waals surface area contributed by atoms with Gasteiger partial charge in [-0.25, -0.2) is 0 Å². The molecule has 7 heteroatoms. The van der Waals surface area contributed by atoms with Gasteiger partial charge in [-0.15, -0.1) is 0 Å². The van der Waals surface area contributed by atoms with Crippen LogP contribution < -0.4 is 10.9 Å². The van der Waals surface area contributed by atoms with Crippen LogP contribution in [0.4, 0.5) is 5.69 Å². The van der Waals surface area contributed by atoms with E-state index in [-0.39, 0.29) is 35.1 Å². The summed E-state index contributed by atoms with van der Waals surface area (Å²) in [5.74, 6) is 0.566. The molecule has 1 N–H and O–H groups in total. The molecule has 158 valence electrons. The summed E-state index contributed by atoms with van der Waals surface area (Å²) in [6.07, 6.45) is 6.59. The third-order valence-electron chi connectivity index (χ3n) is 6.71. The minimum Gasteiger partial charge on any atom is -0.384 e. The number of anilines is 1. The highest BCUT2D eigenvalue weighted by atomic mass is 16.5. The zero-order valence-electron chi connectivity index (χ0n) is 17.2. The zero-order valence-corrected chi connectivity index (χ0v) is 17.2. The van der Waals surface area contributed by atoms with E-state index in [1.807, 2.05) is 15.5 Å². The standard InChI is InChI=1S/C22H31N3O4/c1-29-10-9-20(26)24-12-15-11-17(14-24)19-8-7-18(22(28)25(19)13-15)23-21(27)16-5-3-2-4-6-16/h7-8,15-17H,2-6,9-14H2,1H3,(H,23,27). The van der Waals surface area contributed by atoms with Crippen molar-refractivity contribution in [2.45, 2.75) is 57.4 Å². The fourth-order valence-corrected chi connectivity index (χ4v) is 5.19. The Morgan fingerprint density at radius 2 is 1.93 bits per heavy atom. The molecule has 0 spiro atoms. The maximum absolute atomic E-state index is 13.1. The van der Waals surface area contributed by atoms with Crippen molar-refractivity contribution in [2.75, 3.05) is 32.1 Å². The average Bonchev–Trinajstić information content (AvgIpc) is 2.74. The summed E-state index contributed by atoms with van der Waals surface area (Å²) in [7, 11) is 1.60. The summed E-state index contributed by atoms with van der Waals surface area (Å²) < 4.78 is 6.86. The number of ether oxygens (including phenoxy) is 1. The second-order valence-corrected chi connectivity index (χ2v) is 8.75. The lowest BCUT2D eigenvalue weighted by Gasteiger charge is -2.43. The summed E-state index contributed by atoms with van der Waals surface area (Å²) in [4.78, 5) is 40.0. The number of fused-ring (bicyclic) bond motifs is 4. The van der Waals surface area contributed by atoms with Gasteiger partial charge < -0.3 is 19.5 Å². The number of nitrogens with one attached hydrogen (secondary N) is 1. The Labute approximate surface area is 171 Å². The summed E-state index contributed by atoms with van der Waals surface area (Å²) in [6, 6.07) is 3.71. The number of amides is 2. The summed E-state index contributed by atoms with van der Waals surface area (Å²) in [5, 5.41) is 2.90. The second kappa shape index (κ2) is 8.69. The van der Waals surface area contributed by atoms with Crippen molar-refractivity contribution in [3.8, 4) is 0 Å². The Balaban J connectivity index is 1.49. The molecule has 1 aromatic rings. The molecule has 2 amide bonds. The van der Waals surface area contributed by atoms with Crippen LogP contribution in [0.3, 0.4) is 0 Å². The first-order chi connectivity index (χ1) is 14.1. The van der Waals surface area contributed by atoms with Crippen LogP contribution in [0.2, 0.25) is 0 Å². The maximum atomic E-state index is 13.1. The molecule has 1 saturated carbocycles. The normalized spacial score (nSPS) is 24.1. The number of carbonyl (C=O) groups is 2. The first kappa shape index (κ1) is 20.1. The lowest BCUT2D eigenvalue weighted by molar-refractivity contribution is -0.134. The monoisotopic (exact) mass is 401 g/mol. The molecular formula is C22H31N3O4. The van der Waals surface area contributed by atoms with Crippen LogP contribution >= 0.6 is 0 Å². The van der Waals surface area contributed by atoms with Gasteiger partial charge in [0.25, 0.3) is 5.56 Å². The van der Waals surface area contributed by atoms with Crippen LogP contribution in [0.15, 0.2) is 16.9 Å². The van der Waals surface area contributed by atoms with E-state index in [1.54, 1.807) is 13.2 Å². The molecular weight excluding hydrogens is 370 g/mol. The van der Waals surface area contributed by atoms with Crippen LogP contribution in [-0.2, 0) is 20.9 Å². The molecule has 1 aromatic heterocycles. The molecule has 29 heavy (non-hydrogen) atoms. The molecule has 4 rings (SSSR count). The van der Waals surface area contributed by atoms with Gasteiger partial charge in [0.1, 0.15) is 5.69 Å². The smallest absolute Gasteiger partial charge is 0.274 e. The number of likely N-dealkylation sites (tertiary alicyclic amines) is 1. The van der Waals surface area contributed by atoms with Gasteiger partial charge in [-0.3, -0.25) is 14.4 Å². The number of methoxy groups -OCH3 is 1. The molecule has 2 aliphatic heterocycles. The van der Waals surface area contributed by atoms with E-state index in [0.717, 1.165) is 37.8 Å². The molecule has 2 unspecified atom stereocenters. The van der Waals surface area contributed by atoms with Gasteiger partial charge in [0.15, 0.2) is 0 Å². The van der Waals surface area contributed by atoms with Gasteiger partial charge in [0.2, 0.25) is 11.8 Å². The second-order valence-electron chi connectivity index (χ2n) is 8.75. The Morgan fingerprint density at radius 3 is 2.69 bits per heavy atom. The molecule has 1 saturated heterocycles. The number of aromatic nitrogens is 1. The van der Waals surface area contributed by atoms with Gasteiger partial charge in [-0.1, -0.05) is 19.3 Å². The number of nitrogens with zero attached hydrogens (tertiary/aromatic N) is 2. The van der Waals surface area contributed by atoms with Crippen LogP contribution in [-0.4, -0.2) is 48.1 Å². The maximum Gasteiger partial charge on any atom is 0.274 e. The largest absolute Gasteiger partial charge is 0.384 e. The summed E-state index contributed by atoms with van der Waals surface area (Å²) >= 11 is 0. The molecule has 3 aliphatic rings. The minimum absolute atomic E-state index is 0.0201. The van der Waals surface area contributed by atoms with E-state index in [4.69, 9.17) is 4.74 Å². The zero-order chi connectivity index (χ0) is 20.4. The van der Waals surface area contributed by atoms with Crippen LogP contribution in [0.25, 0.3) is 0 Å². The van der Waals surface area contributed by atoms with Crippen molar-refractivity contribution in [1.82, 2.24) is 9.47 Å². The molecule has 7 nitrogen and oxygen atoms in total. The lowest BCUT2D eigenvalue weighted by atomic mass is 9.83. The molecule has 0 radical (unpaired) electrons. The third kappa shape index (κ3) is 4.25. The molecule has 1 aliphatic carbocycles. The van der Waals surface area contributed by atoms with Crippen LogP contribution in [0, 0.1) is 11.8 Å². The van der Waals surface area contributed by atoms with Crippen LogP contribution in [0.1, 0.15) is 56.6 Å². The molecule has 0 aromatic carbocycles. The van der Waals surface area contributed by atoms with E-state index in [2.05, 4.69) is 5.32 Å². The van der Waals surface area contributed by atoms with Crippen molar-refractivity contribution in [2.24, 2.45) is 11.8 Å². The highest BCUT2D eigenvalue weighted by Crippen LogP contribution is 2.35. The SMILES string of the molecule is COCCC(=O)N1CC2CC(C1)c1ccc(NC(=O)C3CCCCC3)c(=O)n1C2. The number of pyridine rings is 1. The van der Waals surface area contributed by atoms with Crippen molar-refractivity contribution in [3.05, 3.63) is 28.2 Å². The Bertz CT molecular complexity index is 828. The van der Waals surface area contributed by atoms with E-state index in [9.17, 15) is 14.4 Å². The van der Waals surface area contributed by atoms with E-state index >= 15 is 0 Å². The fraction of sp³-hybridized carbons (Fsp3) is 0.682. The topological polar surface area (TPSA) is 80.6 Å². The summed E-state index contributed by atoms with van der Waals surface area (Å²) in [5.41, 5.74) is 1.25. The molecule has 2 atom stereocenters. The highest BCUT2D eigenvalue weighted by Gasteiger charge is 2.36. The highest BCUT2D eigenvalue weighted by molar-refractivity contribution is 5.92. The quantitative estimate of drug-likeness (QED) is 0.821. The van der Waals surface area contributed by atoms with Crippen molar-refractivity contribution in [1.29, 1.82) is 0 Å². The number of carbonyl (C=O) groups excluding carboxylic acids is 2. The number of hydrogen-bond donors (Lipinski definition) is 1. The Kier molecular flexibility index (Phi) is 6.04. The van der Waals surface area contributed by atoms with Crippen LogP contribution in [0.5, 0.6) is 0 Å². The molecule has 2 fully saturated rings. The van der Waals surface area contributed by atoms with E-state index in [0.29, 0.717) is 38.3 Å². The van der Waals surface area contributed by atoms with Gasteiger partial charge in [-0.05, 0) is 37.3 Å². The van der Waals surface area contributed by atoms with Gasteiger partial charge in [0, 0.05) is 44.3 Å². The van der Waals surface area contributed by atoms with Gasteiger partial charge in [-0.2, -0.15) is 0 Å². The molecule has 2 bridgehead atoms. The predicted octanol–water partition coefficient (Wildman–Crippen LogP) is 2.35. The first-order valence-corrected chi connectivity index (χ1v) is 10.9. The number of hydrogen-bond acceptors (Lipinski definition) is 4. The minimum atomic E-state index is -0.111. The third-order valence-corrected chi connectivity index (χ3v) is 6.71. The summed E-state index contributed by atoms with van der Waals surface area (Å²) in [6.45, 7) is 2.37. The van der Waals surface area contributed by atoms with E-state index in [1.165, 1.54) is 6.42 Å². The lowest BCUT2D eigenvalue weighted by Crippen LogP contribution is -2.49. The van der Waals surface area contributed by atoms with Gasteiger partial charge in [0.05, 0.1) is 13.0 Å². The first-order valence-electron chi connectivity index (χ1n) is 10.9. The van der Waals surface area contributed by atoms with Gasteiger partial charge >= 0.3 is 0 Å². The Morgan fingerprint density at radius 1 is 1.14 bits per heavy atom. The molecule has 3 heterocycles. The predicted molar refractivity (Wildman–Crippen MR) is 110 cm³/mol. The van der Waals surface area contributed by atoms with Crippen molar-refractivity contribution < 1.29 is 14.3 Å². The number of piperidine rings is 1. The fourth-order valence-electron chi connectivity index (χ4n) is 5.19. The average molecular weight is 402 g/mol. The van der Waals surface area contributed by atoms with E-state index < -0.39 is 0 Å². The van der Waals surface area contributed by atoms with Crippen molar-refractivity contribution in [3.63, 3.8) is 0 Å². The Hall–Kier alpha value is -2.15. The van der Waals surface area contributed by atoms with Crippen molar-refractivity contribution >= 4 is 17.5 Å². The number of rotatable bonds is 5.